The van der Waals surface area contributed by atoms with E-state index in [0.717, 1.165) is 32.4 Å². The van der Waals surface area contributed by atoms with E-state index in [-0.39, 0.29) is 5.60 Å². The number of thiophene rings is 1. The molecule has 1 aliphatic rings. The van der Waals surface area contributed by atoms with E-state index in [9.17, 15) is 0 Å². The molecule has 1 aliphatic heterocycles. The lowest BCUT2D eigenvalue weighted by Crippen LogP contribution is -2.44. The molecule has 1 fully saturated rings. The number of ether oxygens (including phenoxy) is 1. The van der Waals surface area contributed by atoms with Crippen LogP contribution in [0, 0.1) is 0 Å². The Morgan fingerprint density at radius 3 is 3.06 bits per heavy atom. The summed E-state index contributed by atoms with van der Waals surface area (Å²) >= 11 is 5.30. The first-order valence-corrected chi connectivity index (χ1v) is 7.84. The molecule has 2 heterocycles. The summed E-state index contributed by atoms with van der Waals surface area (Å²) < 4.78 is 7.06. The van der Waals surface area contributed by atoms with Gasteiger partial charge in [0.05, 0.1) is 9.39 Å². The summed E-state index contributed by atoms with van der Waals surface area (Å²) in [4.78, 5) is 1.39. The number of hydrogen-bond acceptors (Lipinski definition) is 3. The molecule has 0 aliphatic carbocycles. The van der Waals surface area contributed by atoms with Crippen molar-refractivity contribution in [2.45, 2.75) is 51.3 Å². The van der Waals surface area contributed by atoms with E-state index < -0.39 is 0 Å². The highest BCUT2D eigenvalue weighted by Crippen LogP contribution is 2.28. The lowest BCUT2D eigenvalue weighted by molar-refractivity contribution is -0.0781. The molecular weight excluding hydrogens is 298 g/mol. The van der Waals surface area contributed by atoms with Crippen molar-refractivity contribution in [3.8, 4) is 0 Å². The molecule has 0 saturated carbocycles. The summed E-state index contributed by atoms with van der Waals surface area (Å²) in [6.45, 7) is 6.29. The van der Waals surface area contributed by atoms with E-state index in [1.807, 2.05) is 0 Å². The minimum atomic E-state index is 0.0753. The third-order valence-electron chi connectivity index (χ3n) is 3.54. The predicted octanol–water partition coefficient (Wildman–Crippen LogP) is 3.95. The van der Waals surface area contributed by atoms with Crippen LogP contribution in [0.1, 0.15) is 38.0 Å². The van der Waals surface area contributed by atoms with Crippen molar-refractivity contribution in [3.05, 3.63) is 20.8 Å². The largest absolute Gasteiger partial charge is 0.375 e. The summed E-state index contributed by atoms with van der Waals surface area (Å²) in [5.74, 6) is 0. The minimum Gasteiger partial charge on any atom is -0.375 e. The Morgan fingerprint density at radius 1 is 1.59 bits per heavy atom. The number of rotatable bonds is 4. The SMILES string of the molecule is CCC1(C)CC(NCc2ccc(Br)s2)CCO1. The Morgan fingerprint density at radius 2 is 2.41 bits per heavy atom. The van der Waals surface area contributed by atoms with Crippen LogP contribution in [-0.4, -0.2) is 18.2 Å². The van der Waals surface area contributed by atoms with Gasteiger partial charge in [-0.3, -0.25) is 0 Å². The first-order chi connectivity index (χ1) is 8.11. The first kappa shape index (κ1) is 13.5. The summed E-state index contributed by atoms with van der Waals surface area (Å²) in [5.41, 5.74) is 0.0753. The van der Waals surface area contributed by atoms with Crippen LogP contribution in [0.4, 0.5) is 0 Å². The normalized spacial score (nSPS) is 29.5. The molecule has 2 unspecified atom stereocenters. The van der Waals surface area contributed by atoms with Gasteiger partial charge in [0, 0.05) is 24.1 Å². The molecule has 1 N–H and O–H groups in total. The average molecular weight is 318 g/mol. The summed E-state index contributed by atoms with van der Waals surface area (Å²) in [6.07, 6.45) is 3.34. The van der Waals surface area contributed by atoms with Gasteiger partial charge in [-0.2, -0.15) is 0 Å². The fraction of sp³-hybridized carbons (Fsp3) is 0.692. The van der Waals surface area contributed by atoms with Crippen molar-refractivity contribution in [2.24, 2.45) is 0 Å². The Balaban J connectivity index is 1.83. The zero-order valence-corrected chi connectivity index (χ0v) is 12.9. The Bertz CT molecular complexity index is 368. The van der Waals surface area contributed by atoms with Gasteiger partial charge >= 0.3 is 0 Å². The molecule has 0 spiro atoms. The second kappa shape index (κ2) is 5.83. The van der Waals surface area contributed by atoms with Gasteiger partial charge < -0.3 is 10.1 Å². The molecular formula is C13H20BrNOS. The van der Waals surface area contributed by atoms with Crippen LogP contribution in [-0.2, 0) is 11.3 Å². The molecule has 2 nitrogen and oxygen atoms in total. The zero-order chi connectivity index (χ0) is 12.3. The molecule has 96 valence electrons. The molecule has 1 aromatic rings. The standard InChI is InChI=1S/C13H20BrNOS/c1-3-13(2)8-10(6-7-16-13)15-9-11-4-5-12(14)17-11/h4-5,10,15H,3,6-9H2,1-2H3. The summed E-state index contributed by atoms with van der Waals surface area (Å²) in [6, 6.07) is 4.89. The number of nitrogens with one attached hydrogen (secondary N) is 1. The van der Waals surface area contributed by atoms with Crippen molar-refractivity contribution >= 4 is 27.3 Å². The lowest BCUT2D eigenvalue weighted by atomic mass is 9.90. The number of halogens is 1. The van der Waals surface area contributed by atoms with Crippen molar-refractivity contribution in [1.82, 2.24) is 5.32 Å². The van der Waals surface area contributed by atoms with Crippen LogP contribution in [0.2, 0.25) is 0 Å². The van der Waals surface area contributed by atoms with Gasteiger partial charge in [0.2, 0.25) is 0 Å². The molecule has 1 saturated heterocycles. The summed E-state index contributed by atoms with van der Waals surface area (Å²) in [5, 5.41) is 3.65. The predicted molar refractivity (Wildman–Crippen MR) is 76.5 cm³/mol. The van der Waals surface area contributed by atoms with Crippen LogP contribution in [0.5, 0.6) is 0 Å². The van der Waals surface area contributed by atoms with Crippen molar-refractivity contribution in [3.63, 3.8) is 0 Å². The van der Waals surface area contributed by atoms with Crippen LogP contribution in [0.25, 0.3) is 0 Å². The maximum atomic E-state index is 5.86. The van der Waals surface area contributed by atoms with E-state index in [1.165, 1.54) is 8.66 Å². The van der Waals surface area contributed by atoms with Crippen LogP contribution in [0.3, 0.4) is 0 Å². The molecule has 2 atom stereocenters. The highest BCUT2D eigenvalue weighted by atomic mass is 79.9. The van der Waals surface area contributed by atoms with Crippen molar-refractivity contribution < 1.29 is 4.74 Å². The van der Waals surface area contributed by atoms with E-state index in [4.69, 9.17) is 4.74 Å². The smallest absolute Gasteiger partial charge is 0.0701 e. The van der Waals surface area contributed by atoms with E-state index >= 15 is 0 Å². The Hall–Kier alpha value is 0.1000. The quantitative estimate of drug-likeness (QED) is 0.908. The monoisotopic (exact) mass is 317 g/mol. The van der Waals surface area contributed by atoms with Gasteiger partial charge in [0.25, 0.3) is 0 Å². The topological polar surface area (TPSA) is 21.3 Å². The van der Waals surface area contributed by atoms with Crippen molar-refractivity contribution in [2.75, 3.05) is 6.61 Å². The van der Waals surface area contributed by atoms with Crippen molar-refractivity contribution in [1.29, 1.82) is 0 Å². The van der Waals surface area contributed by atoms with Gasteiger partial charge in [0.15, 0.2) is 0 Å². The second-order valence-corrected chi connectivity index (χ2v) is 7.48. The first-order valence-electron chi connectivity index (χ1n) is 6.23. The fourth-order valence-corrected chi connectivity index (χ4v) is 3.68. The van der Waals surface area contributed by atoms with Gasteiger partial charge in [-0.05, 0) is 54.2 Å². The van der Waals surface area contributed by atoms with Crippen LogP contribution < -0.4 is 5.32 Å². The van der Waals surface area contributed by atoms with Crippen LogP contribution in [0.15, 0.2) is 15.9 Å². The third kappa shape index (κ3) is 3.78. The second-order valence-electron chi connectivity index (χ2n) is 4.93. The van der Waals surface area contributed by atoms with Gasteiger partial charge in [-0.1, -0.05) is 6.92 Å². The molecule has 2 rings (SSSR count). The molecule has 17 heavy (non-hydrogen) atoms. The van der Waals surface area contributed by atoms with Gasteiger partial charge in [-0.25, -0.2) is 0 Å². The molecule has 0 aromatic carbocycles. The van der Waals surface area contributed by atoms with Gasteiger partial charge in [0.1, 0.15) is 0 Å². The lowest BCUT2D eigenvalue weighted by Gasteiger charge is -2.38. The molecule has 1 aromatic heterocycles. The average Bonchev–Trinajstić information content (AvgIpc) is 2.73. The van der Waals surface area contributed by atoms with E-state index in [1.54, 1.807) is 11.3 Å². The number of hydrogen-bond donors (Lipinski definition) is 1. The Kier molecular flexibility index (Phi) is 4.64. The highest BCUT2D eigenvalue weighted by molar-refractivity contribution is 9.11. The van der Waals surface area contributed by atoms with E-state index in [0.29, 0.717) is 6.04 Å². The minimum absolute atomic E-state index is 0.0753. The molecule has 4 heteroatoms. The zero-order valence-electron chi connectivity index (χ0n) is 10.5. The van der Waals surface area contributed by atoms with E-state index in [2.05, 4.69) is 47.2 Å². The van der Waals surface area contributed by atoms with Gasteiger partial charge in [-0.15, -0.1) is 11.3 Å². The molecule has 0 radical (unpaired) electrons. The van der Waals surface area contributed by atoms with Crippen LogP contribution >= 0.6 is 27.3 Å². The maximum absolute atomic E-state index is 5.86. The Labute approximate surface area is 116 Å². The summed E-state index contributed by atoms with van der Waals surface area (Å²) in [7, 11) is 0. The highest BCUT2D eigenvalue weighted by Gasteiger charge is 2.31. The third-order valence-corrected chi connectivity index (χ3v) is 5.16. The fourth-order valence-electron chi connectivity index (χ4n) is 2.24. The maximum Gasteiger partial charge on any atom is 0.0701 e. The molecule has 0 bridgehead atoms. The molecule has 0 amide bonds.